The van der Waals surface area contributed by atoms with Crippen LogP contribution in [-0.2, 0) is 27.3 Å². The van der Waals surface area contributed by atoms with Crippen LogP contribution in [0.25, 0.3) is 0 Å². The van der Waals surface area contributed by atoms with Gasteiger partial charge in [-0.2, -0.15) is 0 Å². The van der Waals surface area contributed by atoms with Crippen LogP contribution in [0.3, 0.4) is 0 Å². The molecule has 2 aromatic carbocycles. The zero-order valence-electron chi connectivity index (χ0n) is 21.9. The van der Waals surface area contributed by atoms with Crippen LogP contribution in [-0.4, -0.2) is 76.9 Å². The van der Waals surface area contributed by atoms with Crippen molar-refractivity contribution in [1.82, 2.24) is 20.2 Å². The Bertz CT molecular complexity index is 1200. The number of hydrazine groups is 1. The summed E-state index contributed by atoms with van der Waals surface area (Å²) in [5.41, 5.74) is 21.5. The van der Waals surface area contributed by atoms with Crippen molar-refractivity contribution in [3.63, 3.8) is 0 Å². The van der Waals surface area contributed by atoms with Gasteiger partial charge in [-0.05, 0) is 36.6 Å². The van der Waals surface area contributed by atoms with Gasteiger partial charge in [0.25, 0.3) is 5.91 Å². The number of amides is 3. The minimum Gasteiger partial charge on any atom is -0.370 e. The number of halogens is 1. The highest BCUT2D eigenvalue weighted by Crippen LogP contribution is 2.28. The topological polar surface area (TPSA) is 163 Å². The summed E-state index contributed by atoms with van der Waals surface area (Å²) in [6, 6.07) is 14.8. The highest BCUT2D eigenvalue weighted by Gasteiger charge is 2.46. The molecular formula is C27H35FN8O3. The number of hydrogen-bond acceptors (Lipinski definition) is 6. The molecule has 208 valence electrons. The van der Waals surface area contributed by atoms with E-state index in [2.05, 4.69) is 10.4 Å². The van der Waals surface area contributed by atoms with Crippen LogP contribution in [0.1, 0.15) is 18.1 Å². The summed E-state index contributed by atoms with van der Waals surface area (Å²) in [4.78, 5) is 47.6. The molecule has 0 saturated carbocycles. The van der Waals surface area contributed by atoms with Crippen molar-refractivity contribution < 1.29 is 18.8 Å². The summed E-state index contributed by atoms with van der Waals surface area (Å²) in [6.45, 7) is 2.73. The maximum Gasteiger partial charge on any atom is 0.259 e. The molecule has 2 aliphatic rings. The zero-order valence-corrected chi connectivity index (χ0v) is 21.9. The Balaban J connectivity index is 1.49. The first kappa shape index (κ1) is 28.0. The predicted octanol–water partition coefficient (Wildman–Crippen LogP) is -0.235. The molecule has 0 bridgehead atoms. The molecule has 3 amide bonds. The summed E-state index contributed by atoms with van der Waals surface area (Å²) in [5, 5.41) is 1.29. The normalized spacial score (nSPS) is 22.3. The molecule has 2 aliphatic heterocycles. The largest absolute Gasteiger partial charge is 0.370 e. The quantitative estimate of drug-likeness (QED) is 0.240. The number of hydrogen-bond donors (Lipinski definition) is 4. The average Bonchev–Trinajstić information content (AvgIpc) is 3.35. The third-order valence-corrected chi connectivity index (χ3v) is 6.98. The van der Waals surface area contributed by atoms with Crippen molar-refractivity contribution in [2.75, 3.05) is 26.3 Å². The van der Waals surface area contributed by atoms with Crippen molar-refractivity contribution >= 4 is 23.7 Å². The molecule has 2 saturated heterocycles. The molecule has 4 unspecified atom stereocenters. The molecule has 7 N–H and O–H groups in total. The Morgan fingerprint density at radius 3 is 2.41 bits per heavy atom. The third kappa shape index (κ3) is 6.89. The SMILES string of the molecule is CC(N)CN1CN(NC(=O)C2CN(Cc3ccc(F)cc3)C(=O)C2CN=C(N)N)C(=O)C1Cc1ccccc1. The van der Waals surface area contributed by atoms with Gasteiger partial charge >= 0.3 is 0 Å². The van der Waals surface area contributed by atoms with Crippen molar-refractivity contribution in [2.45, 2.75) is 32.0 Å². The van der Waals surface area contributed by atoms with Gasteiger partial charge in [-0.15, -0.1) is 0 Å². The zero-order chi connectivity index (χ0) is 28.1. The highest BCUT2D eigenvalue weighted by atomic mass is 19.1. The van der Waals surface area contributed by atoms with E-state index < -0.39 is 23.8 Å². The Morgan fingerprint density at radius 1 is 1.08 bits per heavy atom. The number of nitrogens with two attached hydrogens (primary N) is 3. The smallest absolute Gasteiger partial charge is 0.259 e. The van der Waals surface area contributed by atoms with Crippen LogP contribution < -0.4 is 22.6 Å². The number of likely N-dealkylation sites (tertiary alicyclic amines) is 1. The van der Waals surface area contributed by atoms with Crippen LogP contribution in [0.4, 0.5) is 4.39 Å². The summed E-state index contributed by atoms with van der Waals surface area (Å²) in [6.07, 6.45) is 0.471. The van der Waals surface area contributed by atoms with Crippen molar-refractivity contribution in [3.05, 3.63) is 71.5 Å². The minimum absolute atomic E-state index is 0.0689. The summed E-state index contributed by atoms with van der Waals surface area (Å²) in [7, 11) is 0. The maximum atomic E-state index is 13.5. The number of benzene rings is 2. The molecule has 4 atom stereocenters. The second-order valence-electron chi connectivity index (χ2n) is 10.2. The van der Waals surface area contributed by atoms with Gasteiger partial charge in [0, 0.05) is 25.7 Å². The minimum atomic E-state index is -0.814. The van der Waals surface area contributed by atoms with E-state index in [-0.39, 0.29) is 55.9 Å². The fourth-order valence-corrected chi connectivity index (χ4v) is 5.09. The second kappa shape index (κ2) is 12.2. The molecule has 39 heavy (non-hydrogen) atoms. The van der Waals surface area contributed by atoms with Crippen LogP contribution in [0.5, 0.6) is 0 Å². The van der Waals surface area contributed by atoms with Gasteiger partial charge in [-0.3, -0.25) is 29.7 Å². The standard InChI is InChI=1S/C27H35FN8O3/c1-17(29)13-35-16-36(26(39)23(35)11-18-5-3-2-4-6-18)33-24(37)22-15-34(14-19-7-9-20(28)10-8-19)25(38)21(22)12-32-27(30)31/h2-10,17,21-23H,11-16,29H2,1H3,(H,33,37)(H4,30,31,32). The van der Waals surface area contributed by atoms with Crippen molar-refractivity contribution in [1.29, 1.82) is 0 Å². The van der Waals surface area contributed by atoms with Crippen LogP contribution in [0.15, 0.2) is 59.6 Å². The summed E-state index contributed by atoms with van der Waals surface area (Å²) < 4.78 is 13.3. The van der Waals surface area contributed by atoms with Gasteiger partial charge in [0.15, 0.2) is 5.96 Å². The van der Waals surface area contributed by atoms with E-state index in [1.54, 1.807) is 12.1 Å². The first-order valence-corrected chi connectivity index (χ1v) is 12.9. The highest BCUT2D eigenvalue weighted by molar-refractivity contribution is 5.93. The molecular weight excluding hydrogens is 503 g/mol. The van der Waals surface area contributed by atoms with E-state index in [1.165, 1.54) is 22.0 Å². The molecule has 0 radical (unpaired) electrons. The number of guanidine groups is 1. The molecule has 0 aliphatic carbocycles. The van der Waals surface area contributed by atoms with Gasteiger partial charge in [0.1, 0.15) is 5.82 Å². The fourth-order valence-electron chi connectivity index (χ4n) is 5.09. The van der Waals surface area contributed by atoms with Crippen molar-refractivity contribution in [3.8, 4) is 0 Å². The molecule has 0 aromatic heterocycles. The van der Waals surface area contributed by atoms with E-state index in [9.17, 15) is 18.8 Å². The van der Waals surface area contributed by atoms with Gasteiger partial charge in [-0.1, -0.05) is 42.5 Å². The van der Waals surface area contributed by atoms with Crippen LogP contribution in [0.2, 0.25) is 0 Å². The lowest BCUT2D eigenvalue weighted by Crippen LogP contribution is -2.49. The third-order valence-electron chi connectivity index (χ3n) is 6.98. The summed E-state index contributed by atoms with van der Waals surface area (Å²) >= 11 is 0. The van der Waals surface area contributed by atoms with Crippen molar-refractivity contribution in [2.24, 2.45) is 34.0 Å². The van der Waals surface area contributed by atoms with Crippen LogP contribution >= 0.6 is 0 Å². The fraction of sp³-hybridized carbons (Fsp3) is 0.407. The molecule has 2 aromatic rings. The number of rotatable bonds is 10. The second-order valence-corrected chi connectivity index (χ2v) is 10.2. The lowest BCUT2D eigenvalue weighted by atomic mass is 9.95. The van der Waals surface area contributed by atoms with E-state index in [1.807, 2.05) is 42.2 Å². The molecule has 0 spiro atoms. The Labute approximate surface area is 226 Å². The lowest BCUT2D eigenvalue weighted by molar-refractivity contribution is -0.141. The lowest BCUT2D eigenvalue weighted by Gasteiger charge is -2.23. The Kier molecular flexibility index (Phi) is 8.77. The first-order chi connectivity index (χ1) is 18.6. The Morgan fingerprint density at radius 2 is 1.77 bits per heavy atom. The van der Waals surface area contributed by atoms with E-state index >= 15 is 0 Å². The average molecular weight is 539 g/mol. The predicted molar refractivity (Wildman–Crippen MR) is 144 cm³/mol. The Hall–Kier alpha value is -4.03. The molecule has 2 fully saturated rings. The first-order valence-electron chi connectivity index (χ1n) is 12.9. The maximum absolute atomic E-state index is 13.5. The number of carbonyl (C=O) groups is 3. The number of aliphatic imine (C=N–C) groups is 1. The molecule has 2 heterocycles. The number of nitrogens with one attached hydrogen (secondary N) is 1. The molecule has 4 rings (SSSR count). The van der Waals surface area contributed by atoms with Gasteiger partial charge in [0.05, 0.1) is 31.1 Å². The monoisotopic (exact) mass is 538 g/mol. The van der Waals surface area contributed by atoms with Gasteiger partial charge in [-0.25, -0.2) is 9.40 Å². The van der Waals surface area contributed by atoms with Gasteiger partial charge < -0.3 is 22.1 Å². The number of nitrogens with zero attached hydrogens (tertiary/aromatic N) is 4. The number of carbonyl (C=O) groups excluding carboxylic acids is 3. The van der Waals surface area contributed by atoms with E-state index in [4.69, 9.17) is 17.2 Å². The van der Waals surface area contributed by atoms with E-state index in [0.29, 0.717) is 13.0 Å². The molecule has 11 nitrogen and oxygen atoms in total. The summed E-state index contributed by atoms with van der Waals surface area (Å²) in [5.74, 6) is -3.21. The van der Waals surface area contributed by atoms with Crippen LogP contribution in [0, 0.1) is 17.7 Å². The van der Waals surface area contributed by atoms with E-state index in [0.717, 1.165) is 11.1 Å². The van der Waals surface area contributed by atoms with Gasteiger partial charge in [0.2, 0.25) is 11.8 Å². The molecule has 12 heteroatoms.